The molecule has 0 saturated heterocycles. The smallest absolute Gasteiger partial charge is 0.323 e. The van der Waals surface area contributed by atoms with Crippen LogP contribution in [0.15, 0.2) is 30.3 Å². The van der Waals surface area contributed by atoms with Gasteiger partial charge in [0.15, 0.2) is 0 Å². The quantitative estimate of drug-likeness (QED) is 0.448. The van der Waals surface area contributed by atoms with Crippen molar-refractivity contribution < 1.29 is 19.1 Å². The number of carbonyl (C=O) groups is 3. The molecule has 1 aromatic heterocycles. The minimum Gasteiger partial charge on any atom is -0.461 e. The van der Waals surface area contributed by atoms with Crippen molar-refractivity contribution in [3.63, 3.8) is 0 Å². The number of nitrogens with one attached hydrogen (secondary N) is 1. The molecule has 170 valence electrons. The van der Waals surface area contributed by atoms with Crippen LogP contribution in [-0.2, 0) is 9.53 Å². The van der Waals surface area contributed by atoms with Crippen molar-refractivity contribution in [1.82, 2.24) is 0 Å². The molecule has 1 atom stereocenters. The normalized spacial score (nSPS) is 15.1. The second-order valence-corrected chi connectivity index (χ2v) is 8.92. The number of thiophene rings is 1. The van der Waals surface area contributed by atoms with Crippen LogP contribution >= 0.6 is 11.3 Å². The van der Waals surface area contributed by atoms with Crippen molar-refractivity contribution in [2.24, 2.45) is 17.2 Å². The average molecular weight is 457 g/mol. The molecule has 1 fully saturated rings. The lowest BCUT2D eigenvalue weighted by molar-refractivity contribution is -0.150. The molecule has 3 rings (SSSR count). The van der Waals surface area contributed by atoms with Crippen molar-refractivity contribution in [3.8, 4) is 10.4 Å². The number of aryl methyl sites for hydroxylation is 1. The van der Waals surface area contributed by atoms with E-state index in [1.165, 1.54) is 11.3 Å². The van der Waals surface area contributed by atoms with E-state index in [0.717, 1.165) is 47.3 Å². The van der Waals surface area contributed by atoms with E-state index in [-0.39, 0.29) is 17.6 Å². The molecule has 0 aliphatic heterocycles. The topological polar surface area (TPSA) is 151 Å². The van der Waals surface area contributed by atoms with Gasteiger partial charge in [-0.1, -0.05) is 24.3 Å². The number of carbonyl (C=O) groups excluding carboxylic acids is 3. The summed E-state index contributed by atoms with van der Waals surface area (Å²) >= 11 is 1.21. The molecule has 0 unspecified atom stereocenters. The summed E-state index contributed by atoms with van der Waals surface area (Å²) in [6.07, 6.45) is 8.15. The first-order valence-corrected chi connectivity index (χ1v) is 11.3. The molecule has 1 aromatic carbocycles. The van der Waals surface area contributed by atoms with Crippen molar-refractivity contribution in [3.05, 3.63) is 47.0 Å². The Morgan fingerprint density at radius 2 is 1.94 bits per heavy atom. The Morgan fingerprint density at radius 3 is 2.59 bits per heavy atom. The first-order valence-electron chi connectivity index (χ1n) is 10.5. The minimum atomic E-state index is -0.767. The van der Waals surface area contributed by atoms with Crippen LogP contribution in [0.3, 0.4) is 0 Å². The molecule has 8 nitrogen and oxygen atoms in total. The number of benzene rings is 1. The Hall–Kier alpha value is -3.17. The second kappa shape index (κ2) is 10.4. The van der Waals surface area contributed by atoms with Gasteiger partial charge in [0.2, 0.25) is 0 Å². The number of hydrogen-bond acceptors (Lipinski definition) is 6. The Kier molecular flexibility index (Phi) is 7.66. The molecule has 1 aliphatic rings. The number of anilines is 1. The van der Waals surface area contributed by atoms with Crippen LogP contribution in [0.5, 0.6) is 0 Å². The molecule has 7 N–H and O–H groups in total. The molecule has 1 heterocycles. The van der Waals surface area contributed by atoms with Crippen molar-refractivity contribution in [2.45, 2.75) is 51.2 Å². The standard InChI is InChI=1S/C23H28N4O4S/c1-13-9-10-15(19-12-17(20(25)28)21(32-19)27-23(26)30)11-14(13)5-4-8-18(24)22(29)31-16-6-2-3-7-16/h4-5,9-12,16,18H,2-3,6-8,24H2,1H3,(H2,25,28)(H3,26,27,30)/t18-/m0/s1. The fourth-order valence-corrected chi connectivity index (χ4v) is 4.65. The van der Waals surface area contributed by atoms with E-state index >= 15 is 0 Å². The number of nitrogens with two attached hydrogens (primary N) is 3. The molecular weight excluding hydrogens is 428 g/mol. The third-order valence-corrected chi connectivity index (χ3v) is 6.47. The zero-order valence-electron chi connectivity index (χ0n) is 17.9. The Balaban J connectivity index is 1.72. The first kappa shape index (κ1) is 23.5. The summed E-state index contributed by atoms with van der Waals surface area (Å²) < 4.78 is 5.46. The summed E-state index contributed by atoms with van der Waals surface area (Å²) in [7, 11) is 0. The first-order chi connectivity index (χ1) is 15.2. The maximum Gasteiger partial charge on any atom is 0.323 e. The molecule has 2 aromatic rings. The van der Waals surface area contributed by atoms with E-state index < -0.39 is 18.0 Å². The Labute approximate surface area is 190 Å². The largest absolute Gasteiger partial charge is 0.461 e. The fourth-order valence-electron chi connectivity index (χ4n) is 3.59. The van der Waals surface area contributed by atoms with Crippen molar-refractivity contribution in [1.29, 1.82) is 0 Å². The molecule has 0 radical (unpaired) electrons. The van der Waals surface area contributed by atoms with Crippen molar-refractivity contribution in [2.75, 3.05) is 5.32 Å². The number of amides is 3. The lowest BCUT2D eigenvalue weighted by Gasteiger charge is -2.14. The van der Waals surface area contributed by atoms with Crippen LogP contribution in [0, 0.1) is 6.92 Å². The Bertz CT molecular complexity index is 1040. The van der Waals surface area contributed by atoms with Crippen LogP contribution in [0.4, 0.5) is 9.80 Å². The predicted molar refractivity (Wildman–Crippen MR) is 126 cm³/mol. The lowest BCUT2D eigenvalue weighted by Crippen LogP contribution is -2.33. The molecular formula is C23H28N4O4S. The maximum atomic E-state index is 12.2. The highest BCUT2D eigenvalue weighted by atomic mass is 32.1. The van der Waals surface area contributed by atoms with E-state index in [4.69, 9.17) is 21.9 Å². The van der Waals surface area contributed by atoms with Gasteiger partial charge in [-0.15, -0.1) is 11.3 Å². The van der Waals surface area contributed by atoms with Gasteiger partial charge in [0.1, 0.15) is 17.1 Å². The summed E-state index contributed by atoms with van der Waals surface area (Å²) in [5.41, 5.74) is 19.6. The van der Waals surface area contributed by atoms with Gasteiger partial charge < -0.3 is 21.9 Å². The second-order valence-electron chi connectivity index (χ2n) is 7.87. The summed E-state index contributed by atoms with van der Waals surface area (Å²) in [5.74, 6) is -1.01. The highest BCUT2D eigenvalue weighted by Gasteiger charge is 2.22. The highest BCUT2D eigenvalue weighted by Crippen LogP contribution is 2.36. The van der Waals surface area contributed by atoms with E-state index in [1.807, 2.05) is 37.3 Å². The molecule has 0 spiro atoms. The SMILES string of the molecule is Cc1ccc(-c2cc(C(N)=O)c(NC(N)=O)s2)cc1C=CC[C@H](N)C(=O)OC1CCCC1. The fraction of sp³-hybridized carbons (Fsp3) is 0.348. The lowest BCUT2D eigenvalue weighted by atomic mass is 10.0. The van der Waals surface area contributed by atoms with Crippen LogP contribution < -0.4 is 22.5 Å². The van der Waals surface area contributed by atoms with Crippen LogP contribution in [0.25, 0.3) is 16.5 Å². The van der Waals surface area contributed by atoms with E-state index in [9.17, 15) is 14.4 Å². The Morgan fingerprint density at radius 1 is 1.22 bits per heavy atom. The summed E-state index contributed by atoms with van der Waals surface area (Å²) in [4.78, 5) is 35.8. The molecule has 1 saturated carbocycles. The minimum absolute atomic E-state index is 0.00138. The summed E-state index contributed by atoms with van der Waals surface area (Å²) in [6, 6.07) is 5.99. The van der Waals surface area contributed by atoms with Gasteiger partial charge in [0.05, 0.1) is 5.56 Å². The number of rotatable bonds is 8. The van der Waals surface area contributed by atoms with Gasteiger partial charge in [-0.3, -0.25) is 14.9 Å². The average Bonchev–Trinajstić information content (AvgIpc) is 3.38. The van der Waals surface area contributed by atoms with Gasteiger partial charge >= 0.3 is 12.0 Å². The van der Waals surface area contributed by atoms with Crippen molar-refractivity contribution >= 4 is 40.3 Å². The molecule has 0 bridgehead atoms. The molecule has 9 heteroatoms. The number of ether oxygens (including phenoxy) is 1. The van der Waals surface area contributed by atoms with E-state index in [2.05, 4.69) is 5.32 Å². The zero-order valence-corrected chi connectivity index (χ0v) is 18.7. The molecule has 32 heavy (non-hydrogen) atoms. The van der Waals surface area contributed by atoms with E-state index in [0.29, 0.717) is 11.4 Å². The highest BCUT2D eigenvalue weighted by molar-refractivity contribution is 7.20. The van der Waals surface area contributed by atoms with Crippen LogP contribution in [0.2, 0.25) is 0 Å². The molecule has 1 aliphatic carbocycles. The van der Waals surface area contributed by atoms with Crippen LogP contribution in [-0.4, -0.2) is 30.1 Å². The number of primary amides is 2. The van der Waals surface area contributed by atoms with Gasteiger partial charge in [-0.05, 0) is 67.9 Å². The van der Waals surface area contributed by atoms with Crippen LogP contribution in [0.1, 0.15) is 53.6 Å². The van der Waals surface area contributed by atoms with Gasteiger partial charge in [-0.2, -0.15) is 0 Å². The monoisotopic (exact) mass is 456 g/mol. The zero-order chi connectivity index (χ0) is 23.3. The van der Waals surface area contributed by atoms with E-state index in [1.54, 1.807) is 6.07 Å². The third kappa shape index (κ3) is 5.95. The third-order valence-electron chi connectivity index (χ3n) is 5.37. The summed E-state index contributed by atoms with van der Waals surface area (Å²) in [6.45, 7) is 1.97. The number of urea groups is 1. The molecule has 3 amide bonds. The van der Waals surface area contributed by atoms with Gasteiger partial charge in [-0.25, -0.2) is 4.79 Å². The number of esters is 1. The predicted octanol–water partition coefficient (Wildman–Crippen LogP) is 3.53. The summed E-state index contributed by atoms with van der Waals surface area (Å²) in [5, 5.41) is 2.75. The number of hydrogen-bond donors (Lipinski definition) is 4. The van der Waals surface area contributed by atoms with Gasteiger partial charge in [0.25, 0.3) is 5.91 Å². The van der Waals surface area contributed by atoms with Gasteiger partial charge in [0, 0.05) is 4.88 Å². The maximum absolute atomic E-state index is 12.2.